The van der Waals surface area contributed by atoms with Crippen molar-refractivity contribution in [3.63, 3.8) is 0 Å². The molecule has 1 aromatic heterocycles. The maximum atomic E-state index is 12.7. The summed E-state index contributed by atoms with van der Waals surface area (Å²) in [4.78, 5) is 20.0. The Kier molecular flexibility index (Phi) is 3.82. The Morgan fingerprint density at radius 3 is 2.58 bits per heavy atom. The second-order valence-corrected chi connectivity index (χ2v) is 3.60. The van der Waals surface area contributed by atoms with E-state index >= 15 is 0 Å². The van der Waals surface area contributed by atoms with E-state index in [1.54, 1.807) is 12.1 Å². The van der Waals surface area contributed by atoms with Crippen molar-refractivity contribution in [2.75, 3.05) is 0 Å². The Morgan fingerprint density at radius 1 is 1.21 bits per heavy atom. The van der Waals surface area contributed by atoms with Crippen LogP contribution in [0.3, 0.4) is 0 Å². The van der Waals surface area contributed by atoms with Gasteiger partial charge in [0, 0.05) is 18.0 Å². The number of halogens is 1. The van der Waals surface area contributed by atoms with Gasteiger partial charge < -0.3 is 10.6 Å². The maximum absolute atomic E-state index is 12.7. The normalized spacial score (nSPS) is 11.1. The largest absolute Gasteiger partial charge is 0.380 e. The van der Waals surface area contributed by atoms with Gasteiger partial charge in [-0.2, -0.15) is 0 Å². The predicted molar refractivity (Wildman–Crippen MR) is 66.8 cm³/mol. The van der Waals surface area contributed by atoms with E-state index in [0.29, 0.717) is 5.56 Å². The summed E-state index contributed by atoms with van der Waals surface area (Å²) in [5.74, 6) is -1.07. The fourth-order valence-electron chi connectivity index (χ4n) is 1.30. The molecule has 0 fully saturated rings. The monoisotopic (exact) mass is 259 g/mol. The number of amidine groups is 1. The molecule has 6 heteroatoms. The molecule has 1 heterocycles. The van der Waals surface area contributed by atoms with Crippen LogP contribution in [0.25, 0.3) is 0 Å². The Balaban J connectivity index is 2.06. The van der Waals surface area contributed by atoms with Crippen LogP contribution in [-0.2, 0) is 4.84 Å². The molecule has 2 N–H and O–H groups in total. The van der Waals surface area contributed by atoms with Crippen molar-refractivity contribution in [1.82, 2.24) is 4.98 Å². The highest BCUT2D eigenvalue weighted by atomic mass is 19.1. The maximum Gasteiger partial charge on any atom is 0.367 e. The molecule has 19 heavy (non-hydrogen) atoms. The van der Waals surface area contributed by atoms with Crippen molar-refractivity contribution >= 4 is 11.8 Å². The van der Waals surface area contributed by atoms with Gasteiger partial charge in [-0.15, -0.1) is 0 Å². The fourth-order valence-corrected chi connectivity index (χ4v) is 1.30. The Hall–Kier alpha value is -2.76. The van der Waals surface area contributed by atoms with Gasteiger partial charge >= 0.3 is 5.97 Å². The standard InChI is InChI=1S/C13H10FN3O2/c14-11-5-3-9(4-6-11)12(15)17-19-13(18)10-2-1-7-16-8-10/h1-8H,(H2,15,17). The number of carbonyl (C=O) groups is 1. The van der Waals surface area contributed by atoms with Crippen LogP contribution in [0.1, 0.15) is 15.9 Å². The number of nitrogens with zero attached hydrogens (tertiary/aromatic N) is 2. The van der Waals surface area contributed by atoms with Crippen molar-refractivity contribution in [2.45, 2.75) is 0 Å². The highest BCUT2D eigenvalue weighted by Gasteiger charge is 2.07. The topological polar surface area (TPSA) is 77.6 Å². The predicted octanol–water partition coefficient (Wildman–Crippen LogP) is 1.70. The summed E-state index contributed by atoms with van der Waals surface area (Å²) >= 11 is 0. The summed E-state index contributed by atoms with van der Waals surface area (Å²) in [5.41, 5.74) is 6.33. The van der Waals surface area contributed by atoms with Crippen molar-refractivity contribution < 1.29 is 14.0 Å². The highest BCUT2D eigenvalue weighted by Crippen LogP contribution is 2.04. The number of oxime groups is 1. The molecular weight excluding hydrogens is 249 g/mol. The molecule has 0 unspecified atom stereocenters. The third kappa shape index (κ3) is 3.35. The number of carbonyl (C=O) groups excluding carboxylic acids is 1. The number of pyridine rings is 1. The van der Waals surface area contributed by atoms with Crippen molar-refractivity contribution in [1.29, 1.82) is 0 Å². The molecule has 0 aliphatic rings. The van der Waals surface area contributed by atoms with Gasteiger partial charge in [-0.25, -0.2) is 9.18 Å². The van der Waals surface area contributed by atoms with Crippen LogP contribution in [0, 0.1) is 5.82 Å². The first kappa shape index (κ1) is 12.7. The van der Waals surface area contributed by atoms with Crippen molar-refractivity contribution in [2.24, 2.45) is 10.9 Å². The second-order valence-electron chi connectivity index (χ2n) is 3.60. The van der Waals surface area contributed by atoms with Crippen molar-refractivity contribution in [3.05, 3.63) is 65.7 Å². The molecular formula is C13H10FN3O2. The number of aromatic nitrogens is 1. The van der Waals surface area contributed by atoms with Gasteiger partial charge in [0.15, 0.2) is 5.84 Å². The summed E-state index contributed by atoms with van der Waals surface area (Å²) in [6, 6.07) is 8.49. The van der Waals surface area contributed by atoms with Gasteiger partial charge in [0.2, 0.25) is 0 Å². The molecule has 0 spiro atoms. The fraction of sp³-hybridized carbons (Fsp3) is 0. The van der Waals surface area contributed by atoms with Crippen molar-refractivity contribution in [3.8, 4) is 0 Å². The Morgan fingerprint density at radius 2 is 1.95 bits per heavy atom. The van der Waals surface area contributed by atoms with Crippen LogP contribution in [0.4, 0.5) is 4.39 Å². The Bertz CT molecular complexity index is 597. The minimum Gasteiger partial charge on any atom is -0.380 e. The molecule has 0 aliphatic carbocycles. The second kappa shape index (κ2) is 5.72. The van der Waals surface area contributed by atoms with E-state index in [2.05, 4.69) is 15.0 Å². The van der Waals surface area contributed by atoms with E-state index in [0.717, 1.165) is 0 Å². The summed E-state index contributed by atoms with van der Waals surface area (Å²) in [7, 11) is 0. The Labute approximate surface area is 108 Å². The molecule has 0 amide bonds. The third-order valence-corrected chi connectivity index (χ3v) is 2.26. The summed E-state index contributed by atoms with van der Waals surface area (Å²) < 4.78 is 12.7. The van der Waals surface area contributed by atoms with E-state index in [-0.39, 0.29) is 17.2 Å². The number of benzene rings is 1. The third-order valence-electron chi connectivity index (χ3n) is 2.26. The molecule has 1 aromatic carbocycles. The molecule has 0 aliphatic heterocycles. The molecule has 0 atom stereocenters. The summed E-state index contributed by atoms with van der Waals surface area (Å²) in [6.07, 6.45) is 2.89. The SMILES string of the molecule is N/C(=N\OC(=O)c1cccnc1)c1ccc(F)cc1. The first-order valence-electron chi connectivity index (χ1n) is 5.37. The smallest absolute Gasteiger partial charge is 0.367 e. The zero-order chi connectivity index (χ0) is 13.7. The first-order chi connectivity index (χ1) is 9.16. The molecule has 0 saturated heterocycles. The molecule has 5 nitrogen and oxygen atoms in total. The average Bonchev–Trinajstić information content (AvgIpc) is 2.46. The van der Waals surface area contributed by atoms with Gasteiger partial charge in [0.1, 0.15) is 5.82 Å². The van der Waals surface area contributed by atoms with Gasteiger partial charge in [-0.05, 0) is 36.4 Å². The number of nitrogens with two attached hydrogens (primary N) is 1. The van der Waals surface area contributed by atoms with Gasteiger partial charge in [0.25, 0.3) is 0 Å². The quantitative estimate of drug-likeness (QED) is 0.394. The molecule has 0 bridgehead atoms. The van der Waals surface area contributed by atoms with E-state index < -0.39 is 5.97 Å². The lowest BCUT2D eigenvalue weighted by Crippen LogP contribution is -2.15. The first-order valence-corrected chi connectivity index (χ1v) is 5.37. The zero-order valence-electron chi connectivity index (χ0n) is 9.79. The van der Waals surface area contributed by atoms with Crippen LogP contribution >= 0.6 is 0 Å². The van der Waals surface area contributed by atoms with Crippen LogP contribution < -0.4 is 5.73 Å². The minimum absolute atomic E-state index is 0.0164. The van der Waals surface area contributed by atoms with E-state index in [1.807, 2.05) is 0 Å². The van der Waals surface area contributed by atoms with E-state index in [9.17, 15) is 9.18 Å². The van der Waals surface area contributed by atoms with Crippen LogP contribution in [-0.4, -0.2) is 16.8 Å². The molecule has 2 aromatic rings. The highest BCUT2D eigenvalue weighted by molar-refractivity contribution is 5.98. The summed E-state index contributed by atoms with van der Waals surface area (Å²) in [6.45, 7) is 0. The molecule has 0 saturated carbocycles. The molecule has 96 valence electrons. The minimum atomic E-state index is -0.668. The van der Waals surface area contributed by atoms with Crippen LogP contribution in [0.2, 0.25) is 0 Å². The van der Waals surface area contributed by atoms with Gasteiger partial charge in [-0.3, -0.25) is 4.98 Å². The lowest BCUT2D eigenvalue weighted by molar-refractivity contribution is 0.0515. The average molecular weight is 259 g/mol. The van der Waals surface area contributed by atoms with E-state index in [4.69, 9.17) is 5.73 Å². The van der Waals surface area contributed by atoms with Gasteiger partial charge in [0.05, 0.1) is 5.56 Å². The lowest BCUT2D eigenvalue weighted by Gasteiger charge is -2.01. The lowest BCUT2D eigenvalue weighted by atomic mass is 10.2. The number of rotatable bonds is 3. The van der Waals surface area contributed by atoms with Crippen LogP contribution in [0.5, 0.6) is 0 Å². The molecule has 2 rings (SSSR count). The van der Waals surface area contributed by atoms with Crippen LogP contribution in [0.15, 0.2) is 53.9 Å². The molecule has 0 radical (unpaired) electrons. The van der Waals surface area contributed by atoms with Gasteiger partial charge in [-0.1, -0.05) is 5.16 Å². The number of hydrogen-bond donors (Lipinski definition) is 1. The van der Waals surface area contributed by atoms with E-state index in [1.165, 1.54) is 36.7 Å². The summed E-state index contributed by atoms with van der Waals surface area (Å²) in [5, 5.41) is 3.50. The number of hydrogen-bond acceptors (Lipinski definition) is 4. The zero-order valence-corrected chi connectivity index (χ0v) is 9.79.